The van der Waals surface area contributed by atoms with Gasteiger partial charge in [0, 0.05) is 12.6 Å². The van der Waals surface area contributed by atoms with Gasteiger partial charge in [-0.25, -0.2) is 23.3 Å². The molecule has 0 bridgehead atoms. The number of hydrogen-bond acceptors (Lipinski definition) is 5. The number of rotatable bonds is 6. The van der Waals surface area contributed by atoms with E-state index in [0.29, 0.717) is 0 Å². The van der Waals surface area contributed by atoms with E-state index >= 15 is 0 Å². The molecule has 0 saturated heterocycles. The second kappa shape index (κ2) is 9.74. The number of hydrogen-bond donors (Lipinski definition) is 0. The highest BCUT2D eigenvalue weighted by Crippen LogP contribution is 2.22. The molecule has 0 amide bonds. The fraction of sp³-hybridized carbons (Fsp3) is 0.471. The molecule has 1 aromatic heterocycles. The SMILES string of the molecule is CCCN(CCC)c1cc(-c2ccccc2)n(C)[n+]1C.[O-][Cl+3]([O-])([O-])[O-]. The van der Waals surface area contributed by atoms with Gasteiger partial charge in [-0.05, 0) is 12.8 Å². The van der Waals surface area contributed by atoms with E-state index in [9.17, 15) is 0 Å². The molecular formula is C17H26ClN3O4. The monoisotopic (exact) mass is 371 g/mol. The van der Waals surface area contributed by atoms with E-state index in [-0.39, 0.29) is 0 Å². The van der Waals surface area contributed by atoms with Crippen LogP contribution in [-0.2, 0) is 14.1 Å². The summed E-state index contributed by atoms with van der Waals surface area (Å²) in [4.78, 5) is 2.48. The molecular weight excluding hydrogens is 346 g/mol. The molecule has 1 heterocycles. The predicted octanol–water partition coefficient (Wildman–Crippen LogP) is -1.61. The van der Waals surface area contributed by atoms with Crippen molar-refractivity contribution in [2.75, 3.05) is 18.0 Å². The Bertz CT molecular complexity index is 629. The summed E-state index contributed by atoms with van der Waals surface area (Å²) in [5, 5.41) is 0. The van der Waals surface area contributed by atoms with Crippen molar-refractivity contribution >= 4 is 5.82 Å². The van der Waals surface area contributed by atoms with E-state index in [0.717, 1.165) is 13.1 Å². The highest BCUT2D eigenvalue weighted by Gasteiger charge is 2.22. The van der Waals surface area contributed by atoms with Gasteiger partial charge in [0.15, 0.2) is 0 Å². The van der Waals surface area contributed by atoms with Crippen LogP contribution in [0, 0.1) is 10.2 Å². The molecule has 140 valence electrons. The Morgan fingerprint density at radius 2 is 1.48 bits per heavy atom. The first-order valence-corrected chi connectivity index (χ1v) is 9.40. The van der Waals surface area contributed by atoms with Gasteiger partial charge in [0.1, 0.15) is 7.05 Å². The second-order valence-electron chi connectivity index (χ2n) is 5.67. The smallest absolute Gasteiger partial charge is 0.260 e. The topological polar surface area (TPSA) is 104 Å². The van der Waals surface area contributed by atoms with Crippen molar-refractivity contribution in [2.45, 2.75) is 26.7 Å². The Hall–Kier alpha value is -1.64. The molecule has 0 N–H and O–H groups in total. The van der Waals surface area contributed by atoms with E-state index in [4.69, 9.17) is 18.6 Å². The normalized spacial score (nSPS) is 11.0. The minimum absolute atomic E-state index is 1.11. The third kappa shape index (κ3) is 7.01. The molecule has 0 spiro atoms. The lowest BCUT2D eigenvalue weighted by Crippen LogP contribution is -2.68. The first kappa shape index (κ1) is 21.4. The molecule has 2 rings (SSSR count). The lowest BCUT2D eigenvalue weighted by molar-refractivity contribution is -2.00. The minimum atomic E-state index is -4.94. The van der Waals surface area contributed by atoms with E-state index in [1.807, 2.05) is 0 Å². The fourth-order valence-electron chi connectivity index (χ4n) is 2.68. The Kier molecular flexibility index (Phi) is 8.34. The summed E-state index contributed by atoms with van der Waals surface area (Å²) in [5.41, 5.74) is 2.53. The van der Waals surface area contributed by atoms with Crippen molar-refractivity contribution in [1.29, 1.82) is 0 Å². The molecule has 25 heavy (non-hydrogen) atoms. The standard InChI is InChI=1S/C17H26N3.ClHO4/c1-5-12-20(13-6-2)17-14-16(18(3)19(17)4)15-10-8-7-9-11-15;2-1(3,4)5/h7-11,14H,5-6,12-13H2,1-4H3;(H,2,3,4,5)/q+1;/p-1. The molecule has 8 heteroatoms. The van der Waals surface area contributed by atoms with Gasteiger partial charge in [0.2, 0.25) is 0 Å². The molecule has 0 saturated carbocycles. The van der Waals surface area contributed by atoms with Gasteiger partial charge in [-0.3, -0.25) is 4.90 Å². The quantitative estimate of drug-likeness (QED) is 0.568. The van der Waals surface area contributed by atoms with Crippen molar-refractivity contribution in [3.8, 4) is 11.3 Å². The lowest BCUT2D eigenvalue weighted by Gasteiger charge is -2.17. The molecule has 0 aliphatic carbocycles. The number of halogens is 1. The summed E-state index contributed by atoms with van der Waals surface area (Å²) in [6.45, 7) is 6.70. The van der Waals surface area contributed by atoms with Gasteiger partial charge in [0.05, 0.1) is 24.8 Å². The van der Waals surface area contributed by atoms with Crippen LogP contribution < -0.4 is 28.2 Å². The van der Waals surface area contributed by atoms with E-state index in [1.165, 1.54) is 29.9 Å². The van der Waals surface area contributed by atoms with Crippen LogP contribution in [0.4, 0.5) is 5.82 Å². The molecule has 0 fully saturated rings. The maximum Gasteiger partial charge on any atom is 0.297 e. The zero-order valence-corrected chi connectivity index (χ0v) is 15.9. The third-order valence-electron chi connectivity index (χ3n) is 3.78. The molecule has 7 nitrogen and oxygen atoms in total. The van der Waals surface area contributed by atoms with Crippen LogP contribution in [0.1, 0.15) is 26.7 Å². The first-order chi connectivity index (χ1) is 11.7. The number of anilines is 1. The molecule has 0 unspecified atom stereocenters. The Morgan fingerprint density at radius 3 is 1.92 bits per heavy atom. The average Bonchev–Trinajstić information content (AvgIpc) is 2.82. The minimum Gasteiger partial charge on any atom is -0.260 e. The van der Waals surface area contributed by atoms with Crippen LogP contribution in [0.5, 0.6) is 0 Å². The van der Waals surface area contributed by atoms with Crippen molar-refractivity contribution < 1.29 is 33.6 Å². The van der Waals surface area contributed by atoms with Crippen LogP contribution in [-0.4, -0.2) is 17.8 Å². The van der Waals surface area contributed by atoms with Crippen molar-refractivity contribution in [1.82, 2.24) is 4.68 Å². The molecule has 0 aliphatic rings. The van der Waals surface area contributed by atoms with E-state index in [2.05, 4.69) is 78.6 Å². The maximum absolute atomic E-state index is 8.49. The molecule has 2 aromatic rings. The molecule has 0 atom stereocenters. The van der Waals surface area contributed by atoms with Crippen LogP contribution in [0.15, 0.2) is 36.4 Å². The third-order valence-corrected chi connectivity index (χ3v) is 3.78. The largest absolute Gasteiger partial charge is 0.297 e. The van der Waals surface area contributed by atoms with Crippen LogP contribution in [0.3, 0.4) is 0 Å². The average molecular weight is 372 g/mol. The van der Waals surface area contributed by atoms with E-state index in [1.54, 1.807) is 0 Å². The molecule has 0 radical (unpaired) electrons. The van der Waals surface area contributed by atoms with Crippen molar-refractivity contribution in [3.63, 3.8) is 0 Å². The van der Waals surface area contributed by atoms with Gasteiger partial charge in [-0.15, -0.1) is 10.2 Å². The van der Waals surface area contributed by atoms with Gasteiger partial charge in [0.25, 0.3) is 5.82 Å². The number of aromatic nitrogens is 2. The van der Waals surface area contributed by atoms with E-state index < -0.39 is 10.2 Å². The Balaban J connectivity index is 0.000000550. The Labute approximate surface area is 151 Å². The number of benzene rings is 1. The summed E-state index contributed by atoms with van der Waals surface area (Å²) in [6, 6.07) is 12.9. The summed E-state index contributed by atoms with van der Waals surface area (Å²) in [6.07, 6.45) is 2.35. The van der Waals surface area contributed by atoms with Crippen molar-refractivity contribution in [3.05, 3.63) is 36.4 Å². The highest BCUT2D eigenvalue weighted by atomic mass is 35.7. The van der Waals surface area contributed by atoms with Gasteiger partial charge >= 0.3 is 0 Å². The summed E-state index contributed by atoms with van der Waals surface area (Å²) in [5.74, 6) is 1.30. The van der Waals surface area contributed by atoms with Gasteiger partial charge in [-0.1, -0.05) is 44.2 Å². The second-order valence-corrected chi connectivity index (χ2v) is 6.42. The zero-order chi connectivity index (χ0) is 19.0. The van der Waals surface area contributed by atoms with Crippen LogP contribution in [0.2, 0.25) is 0 Å². The first-order valence-electron chi connectivity index (χ1n) is 8.17. The zero-order valence-electron chi connectivity index (χ0n) is 15.1. The number of nitrogens with zero attached hydrogens (tertiary/aromatic N) is 3. The maximum atomic E-state index is 8.49. The molecule has 0 aliphatic heterocycles. The fourth-order valence-corrected chi connectivity index (χ4v) is 2.68. The predicted molar refractivity (Wildman–Crippen MR) is 84.8 cm³/mol. The van der Waals surface area contributed by atoms with Gasteiger partial charge in [-0.2, -0.15) is 4.68 Å². The summed E-state index contributed by atoms with van der Waals surface area (Å²) < 4.78 is 38.4. The Morgan fingerprint density at radius 1 is 1.00 bits per heavy atom. The lowest BCUT2D eigenvalue weighted by atomic mass is 10.1. The van der Waals surface area contributed by atoms with Crippen LogP contribution >= 0.6 is 0 Å². The molecule has 1 aromatic carbocycles. The summed E-state index contributed by atoms with van der Waals surface area (Å²) >= 11 is 0. The van der Waals surface area contributed by atoms with Crippen LogP contribution in [0.25, 0.3) is 11.3 Å². The van der Waals surface area contributed by atoms with Gasteiger partial charge < -0.3 is 0 Å². The summed E-state index contributed by atoms with van der Waals surface area (Å²) in [7, 11) is -0.679. The van der Waals surface area contributed by atoms with Crippen molar-refractivity contribution in [2.24, 2.45) is 14.1 Å². The highest BCUT2D eigenvalue weighted by molar-refractivity contribution is 5.62.